The zero-order valence-electron chi connectivity index (χ0n) is 17.1. The number of likely N-dealkylation sites (tertiary alicyclic amines) is 1. The molecule has 2 aliphatic heterocycles. The molecule has 0 amide bonds. The van der Waals surface area contributed by atoms with Gasteiger partial charge in [0.2, 0.25) is 0 Å². The summed E-state index contributed by atoms with van der Waals surface area (Å²) < 4.78 is 0. The third kappa shape index (κ3) is 2.75. The first-order chi connectivity index (χ1) is 13.1. The van der Waals surface area contributed by atoms with E-state index in [0.717, 1.165) is 37.7 Å². The molecule has 0 unspecified atom stereocenters. The van der Waals surface area contributed by atoms with E-state index >= 15 is 0 Å². The average molecular weight is 370 g/mol. The number of hydrogen-bond acceptors (Lipinski definition) is 4. The second-order valence-electron chi connectivity index (χ2n) is 9.60. The molecule has 0 aromatic heterocycles. The minimum atomic E-state index is 0.166. The average Bonchev–Trinajstić information content (AvgIpc) is 2.70. The van der Waals surface area contributed by atoms with Crippen LogP contribution < -0.4 is 4.90 Å². The highest BCUT2D eigenvalue weighted by molar-refractivity contribution is 5.60. The predicted molar refractivity (Wildman–Crippen MR) is 110 cm³/mol. The van der Waals surface area contributed by atoms with Crippen LogP contribution in [0.1, 0.15) is 48.8 Å². The van der Waals surface area contributed by atoms with Gasteiger partial charge in [0, 0.05) is 48.9 Å². The van der Waals surface area contributed by atoms with Crippen molar-refractivity contribution in [2.75, 3.05) is 51.7 Å². The van der Waals surface area contributed by atoms with E-state index in [2.05, 4.69) is 40.9 Å². The molecule has 2 aliphatic carbocycles. The lowest BCUT2D eigenvalue weighted by molar-refractivity contribution is 0.00278. The first kappa shape index (κ1) is 18.0. The summed E-state index contributed by atoms with van der Waals surface area (Å²) in [6.07, 6.45) is 8.03. The minimum absolute atomic E-state index is 0.166. The Hall–Kier alpha value is -1.10. The van der Waals surface area contributed by atoms with Gasteiger partial charge in [-0.1, -0.05) is 18.9 Å². The maximum Gasteiger partial charge on any atom is 0.0702 e. The fourth-order valence-corrected chi connectivity index (χ4v) is 6.76. The van der Waals surface area contributed by atoms with Crippen molar-refractivity contribution in [3.63, 3.8) is 0 Å². The summed E-state index contributed by atoms with van der Waals surface area (Å²) in [4.78, 5) is 7.56. The molecule has 148 valence electrons. The molecule has 1 saturated carbocycles. The maximum absolute atomic E-state index is 10.2. The highest BCUT2D eigenvalue weighted by Crippen LogP contribution is 2.56. The molecule has 4 heteroatoms. The molecule has 0 spiro atoms. The number of aliphatic hydroxyl groups excluding tert-OH is 1. The quantitative estimate of drug-likeness (QED) is 0.868. The van der Waals surface area contributed by atoms with Crippen LogP contribution in [-0.4, -0.2) is 67.8 Å². The number of aliphatic hydroxyl groups is 1. The molecule has 3 atom stereocenters. The van der Waals surface area contributed by atoms with Crippen LogP contribution in [0.5, 0.6) is 0 Å². The van der Waals surface area contributed by atoms with Crippen LogP contribution >= 0.6 is 0 Å². The van der Waals surface area contributed by atoms with Gasteiger partial charge in [-0.2, -0.15) is 0 Å². The van der Waals surface area contributed by atoms with Crippen LogP contribution in [0.25, 0.3) is 0 Å². The summed E-state index contributed by atoms with van der Waals surface area (Å²) >= 11 is 0. The van der Waals surface area contributed by atoms with Crippen molar-refractivity contribution in [1.82, 2.24) is 9.80 Å². The molecule has 1 N–H and O–H groups in total. The lowest BCUT2D eigenvalue weighted by Crippen LogP contribution is -2.59. The van der Waals surface area contributed by atoms with E-state index < -0.39 is 0 Å². The highest BCUT2D eigenvalue weighted by atomic mass is 16.3. The number of nitrogens with zero attached hydrogens (tertiary/aromatic N) is 3. The number of hydrogen-bond donors (Lipinski definition) is 1. The molecule has 2 heterocycles. The van der Waals surface area contributed by atoms with Crippen LogP contribution in [-0.2, 0) is 18.4 Å². The summed E-state index contributed by atoms with van der Waals surface area (Å²) in [6.45, 7) is 5.76. The van der Waals surface area contributed by atoms with Gasteiger partial charge in [-0.15, -0.1) is 0 Å². The largest absolute Gasteiger partial charge is 0.392 e. The van der Waals surface area contributed by atoms with Gasteiger partial charge >= 0.3 is 0 Å². The Morgan fingerprint density at radius 3 is 2.63 bits per heavy atom. The normalized spacial score (nSPS) is 34.3. The summed E-state index contributed by atoms with van der Waals surface area (Å²) in [5.74, 6) is 0.818. The van der Waals surface area contributed by atoms with Crippen molar-refractivity contribution >= 4 is 5.69 Å². The highest BCUT2D eigenvalue weighted by Gasteiger charge is 2.53. The van der Waals surface area contributed by atoms with Crippen molar-refractivity contribution in [3.8, 4) is 0 Å². The lowest BCUT2D eigenvalue weighted by Gasteiger charge is -2.58. The molecule has 2 bridgehead atoms. The number of likely N-dealkylation sites (N-methyl/N-ethyl adjacent to an activating group) is 2. The topological polar surface area (TPSA) is 30.0 Å². The Bertz CT molecular complexity index is 712. The molecule has 1 aromatic carbocycles. The van der Waals surface area contributed by atoms with Gasteiger partial charge in [-0.05, 0) is 69.4 Å². The van der Waals surface area contributed by atoms with E-state index in [0.29, 0.717) is 11.5 Å². The van der Waals surface area contributed by atoms with Crippen LogP contribution in [0.15, 0.2) is 12.1 Å². The molecule has 3 fully saturated rings. The maximum atomic E-state index is 10.2. The first-order valence-electron chi connectivity index (χ1n) is 11.0. The van der Waals surface area contributed by atoms with Crippen molar-refractivity contribution in [3.05, 3.63) is 28.8 Å². The summed E-state index contributed by atoms with van der Waals surface area (Å²) in [5, 5.41) is 10.2. The number of piperidine rings is 1. The van der Waals surface area contributed by atoms with E-state index in [1.54, 1.807) is 11.1 Å². The predicted octanol–water partition coefficient (Wildman–Crippen LogP) is 2.62. The SMILES string of the molecule is CN1CCN(c2cc3c(cc2CO)[C@]24CCCC[C@@H]2[C@H](C3)N(C)CC4)CC1. The van der Waals surface area contributed by atoms with E-state index in [9.17, 15) is 5.11 Å². The second-order valence-corrected chi connectivity index (χ2v) is 9.60. The van der Waals surface area contributed by atoms with Gasteiger partial charge in [-0.3, -0.25) is 0 Å². The van der Waals surface area contributed by atoms with E-state index in [4.69, 9.17) is 0 Å². The molecule has 2 saturated heterocycles. The Labute approximate surface area is 164 Å². The standard InChI is InChI=1S/C23H35N3O/c1-24-9-11-26(12-10-24)21-14-17-15-22-19-5-3-4-6-23(19,7-8-25(22)2)20(17)13-18(21)16-27/h13-14,19,22,27H,3-12,15-16H2,1-2H3/t19-,22+,23+/m1/s1. The number of benzene rings is 1. The third-order valence-electron chi connectivity index (χ3n) is 8.32. The summed E-state index contributed by atoms with van der Waals surface area (Å²) in [6, 6.07) is 5.63. The summed E-state index contributed by atoms with van der Waals surface area (Å²) in [5.41, 5.74) is 6.03. The zero-order valence-corrected chi connectivity index (χ0v) is 17.1. The van der Waals surface area contributed by atoms with E-state index in [-0.39, 0.29) is 6.61 Å². The van der Waals surface area contributed by atoms with Crippen LogP contribution in [0.2, 0.25) is 0 Å². The van der Waals surface area contributed by atoms with Crippen molar-refractivity contribution < 1.29 is 5.11 Å². The molecule has 4 aliphatic rings. The Kier molecular flexibility index (Phi) is 4.49. The number of piperazine rings is 1. The summed E-state index contributed by atoms with van der Waals surface area (Å²) in [7, 11) is 4.55. The van der Waals surface area contributed by atoms with Gasteiger partial charge in [0.05, 0.1) is 6.61 Å². The lowest BCUT2D eigenvalue weighted by atomic mass is 9.52. The van der Waals surface area contributed by atoms with Crippen molar-refractivity contribution in [1.29, 1.82) is 0 Å². The third-order valence-corrected chi connectivity index (χ3v) is 8.32. The Balaban J connectivity index is 1.59. The zero-order chi connectivity index (χ0) is 18.6. The Morgan fingerprint density at radius 1 is 1.04 bits per heavy atom. The van der Waals surface area contributed by atoms with Crippen molar-refractivity contribution in [2.24, 2.45) is 5.92 Å². The molecule has 27 heavy (non-hydrogen) atoms. The van der Waals surface area contributed by atoms with Crippen LogP contribution in [0.3, 0.4) is 0 Å². The van der Waals surface area contributed by atoms with Gasteiger partial charge in [-0.25, -0.2) is 0 Å². The van der Waals surface area contributed by atoms with Gasteiger partial charge in [0.25, 0.3) is 0 Å². The van der Waals surface area contributed by atoms with Gasteiger partial charge in [0.1, 0.15) is 0 Å². The van der Waals surface area contributed by atoms with E-state index in [1.807, 2.05) is 0 Å². The van der Waals surface area contributed by atoms with Crippen LogP contribution in [0, 0.1) is 5.92 Å². The van der Waals surface area contributed by atoms with Crippen LogP contribution in [0.4, 0.5) is 5.69 Å². The van der Waals surface area contributed by atoms with Gasteiger partial charge in [0.15, 0.2) is 0 Å². The molecular formula is C23H35N3O. The number of anilines is 1. The monoisotopic (exact) mass is 369 g/mol. The van der Waals surface area contributed by atoms with Crippen molar-refractivity contribution in [2.45, 2.75) is 56.6 Å². The smallest absolute Gasteiger partial charge is 0.0702 e. The fourth-order valence-electron chi connectivity index (χ4n) is 6.76. The fraction of sp³-hybridized carbons (Fsp3) is 0.739. The number of rotatable bonds is 2. The number of fused-ring (bicyclic) bond motifs is 1. The Morgan fingerprint density at radius 2 is 1.85 bits per heavy atom. The van der Waals surface area contributed by atoms with E-state index in [1.165, 1.54) is 50.8 Å². The van der Waals surface area contributed by atoms with Gasteiger partial charge < -0.3 is 19.8 Å². The molecular weight excluding hydrogens is 334 g/mol. The molecule has 5 rings (SSSR count). The molecule has 4 nitrogen and oxygen atoms in total. The first-order valence-corrected chi connectivity index (χ1v) is 11.0. The second kappa shape index (κ2) is 6.75. The molecule has 1 aromatic rings. The minimum Gasteiger partial charge on any atom is -0.392 e. The molecule has 0 radical (unpaired) electrons.